The van der Waals surface area contributed by atoms with Crippen molar-refractivity contribution in [2.75, 3.05) is 26.2 Å². The Bertz CT molecular complexity index is 679. The second kappa shape index (κ2) is 5.55. The van der Waals surface area contributed by atoms with Gasteiger partial charge in [0.25, 0.3) is 5.91 Å². The second-order valence-electron chi connectivity index (χ2n) is 5.27. The van der Waals surface area contributed by atoms with Gasteiger partial charge in [-0.05, 0) is 12.5 Å². The van der Waals surface area contributed by atoms with Gasteiger partial charge in [0, 0.05) is 38.5 Å². The first kappa shape index (κ1) is 13.6. The number of rotatable bonds is 1. The first-order valence-corrected chi connectivity index (χ1v) is 7.14. The molecular weight excluding hydrogens is 268 g/mol. The molecule has 1 N–H and O–H groups in total. The van der Waals surface area contributed by atoms with Crippen LogP contribution in [-0.4, -0.2) is 58.0 Å². The Morgan fingerprint density at radius 2 is 1.81 bits per heavy atom. The van der Waals surface area contributed by atoms with Gasteiger partial charge in [-0.15, -0.1) is 0 Å². The molecule has 1 aliphatic rings. The van der Waals surface area contributed by atoms with Gasteiger partial charge in [-0.1, -0.05) is 18.2 Å². The van der Waals surface area contributed by atoms with Gasteiger partial charge < -0.3 is 9.80 Å². The van der Waals surface area contributed by atoms with Gasteiger partial charge in [0.05, 0.1) is 5.52 Å². The summed E-state index contributed by atoms with van der Waals surface area (Å²) in [5, 5.41) is 7.89. The van der Waals surface area contributed by atoms with E-state index in [-0.39, 0.29) is 11.8 Å². The minimum atomic E-state index is -0.0714. The van der Waals surface area contributed by atoms with Crippen molar-refractivity contribution < 1.29 is 9.59 Å². The van der Waals surface area contributed by atoms with Gasteiger partial charge in [0.2, 0.25) is 5.91 Å². The average Bonchev–Trinajstić information content (AvgIpc) is 2.75. The molecule has 2 heterocycles. The van der Waals surface area contributed by atoms with Gasteiger partial charge in [-0.2, -0.15) is 5.10 Å². The van der Waals surface area contributed by atoms with Gasteiger partial charge in [0.1, 0.15) is 0 Å². The van der Waals surface area contributed by atoms with E-state index in [1.165, 1.54) is 0 Å². The molecule has 0 radical (unpaired) electrons. The molecule has 110 valence electrons. The van der Waals surface area contributed by atoms with E-state index in [9.17, 15) is 9.59 Å². The number of nitrogens with zero attached hydrogens (tertiary/aromatic N) is 3. The van der Waals surface area contributed by atoms with E-state index in [0.29, 0.717) is 31.9 Å². The summed E-state index contributed by atoms with van der Waals surface area (Å²) < 4.78 is 0. The molecule has 6 nitrogen and oxygen atoms in total. The Kier molecular flexibility index (Phi) is 3.60. The molecule has 3 rings (SSSR count). The number of hydrogen-bond acceptors (Lipinski definition) is 3. The lowest BCUT2D eigenvalue weighted by atomic mass is 10.2. The summed E-state index contributed by atoms with van der Waals surface area (Å²) >= 11 is 0. The fourth-order valence-corrected chi connectivity index (χ4v) is 2.71. The predicted molar refractivity (Wildman–Crippen MR) is 78.9 cm³/mol. The van der Waals surface area contributed by atoms with Crippen LogP contribution in [0.15, 0.2) is 24.3 Å². The number of hydrogen-bond donors (Lipinski definition) is 1. The highest BCUT2D eigenvalue weighted by Gasteiger charge is 2.24. The minimum Gasteiger partial charge on any atom is -0.341 e. The molecule has 0 bridgehead atoms. The zero-order chi connectivity index (χ0) is 14.8. The highest BCUT2D eigenvalue weighted by molar-refractivity contribution is 6.04. The lowest BCUT2D eigenvalue weighted by molar-refractivity contribution is -0.128. The van der Waals surface area contributed by atoms with Crippen molar-refractivity contribution >= 4 is 22.7 Å². The third-order valence-electron chi connectivity index (χ3n) is 3.90. The smallest absolute Gasteiger partial charge is 0.275 e. The van der Waals surface area contributed by atoms with Gasteiger partial charge in [-0.25, -0.2) is 0 Å². The van der Waals surface area contributed by atoms with E-state index >= 15 is 0 Å². The molecule has 1 fully saturated rings. The van der Waals surface area contributed by atoms with Crippen molar-refractivity contribution in [2.24, 2.45) is 0 Å². The number of benzene rings is 1. The molecule has 0 aliphatic carbocycles. The summed E-state index contributed by atoms with van der Waals surface area (Å²) in [6, 6.07) is 7.60. The molecule has 0 unspecified atom stereocenters. The van der Waals surface area contributed by atoms with Crippen LogP contribution >= 0.6 is 0 Å². The Balaban J connectivity index is 1.80. The van der Waals surface area contributed by atoms with Crippen LogP contribution in [0.4, 0.5) is 0 Å². The van der Waals surface area contributed by atoms with Crippen LogP contribution in [0.1, 0.15) is 23.8 Å². The van der Waals surface area contributed by atoms with Gasteiger partial charge in [0.15, 0.2) is 5.69 Å². The quantitative estimate of drug-likeness (QED) is 0.858. The van der Waals surface area contributed by atoms with E-state index in [2.05, 4.69) is 10.2 Å². The number of para-hydroxylation sites is 1. The van der Waals surface area contributed by atoms with Crippen molar-refractivity contribution in [3.05, 3.63) is 30.0 Å². The molecule has 1 saturated heterocycles. The monoisotopic (exact) mass is 286 g/mol. The number of H-pyrrole nitrogens is 1. The maximum Gasteiger partial charge on any atom is 0.275 e. The third-order valence-corrected chi connectivity index (χ3v) is 3.90. The largest absolute Gasteiger partial charge is 0.341 e. The molecule has 1 aromatic carbocycles. The van der Waals surface area contributed by atoms with E-state index in [1.54, 1.807) is 16.7 Å². The van der Waals surface area contributed by atoms with Crippen molar-refractivity contribution in [1.82, 2.24) is 20.0 Å². The summed E-state index contributed by atoms with van der Waals surface area (Å²) in [6.45, 7) is 4.08. The predicted octanol–water partition coefficient (Wildman–Crippen LogP) is 1.26. The lowest BCUT2D eigenvalue weighted by Crippen LogP contribution is -2.36. The van der Waals surface area contributed by atoms with E-state index in [1.807, 2.05) is 24.3 Å². The summed E-state index contributed by atoms with van der Waals surface area (Å²) in [5.41, 5.74) is 1.32. The number of amides is 2. The topological polar surface area (TPSA) is 69.3 Å². The number of aromatic amines is 1. The van der Waals surface area contributed by atoms with Gasteiger partial charge in [-0.3, -0.25) is 14.7 Å². The SMILES string of the molecule is CC(=O)N1CCCN(C(=O)c2n[nH]c3ccccc23)CC1. The highest BCUT2D eigenvalue weighted by atomic mass is 16.2. The van der Waals surface area contributed by atoms with Crippen LogP contribution < -0.4 is 0 Å². The molecule has 1 aliphatic heterocycles. The molecule has 2 amide bonds. The third kappa shape index (κ3) is 2.61. The van der Waals surface area contributed by atoms with Crippen molar-refractivity contribution in [3.63, 3.8) is 0 Å². The van der Waals surface area contributed by atoms with Crippen LogP contribution in [0, 0.1) is 0 Å². The summed E-state index contributed by atoms with van der Waals surface area (Å²) in [5.74, 6) is -0.00706. The Hall–Kier alpha value is -2.37. The maximum absolute atomic E-state index is 12.6. The molecule has 0 atom stereocenters. The number of carbonyl (C=O) groups excluding carboxylic acids is 2. The summed E-state index contributed by atoms with van der Waals surface area (Å²) in [6.07, 6.45) is 0.799. The van der Waals surface area contributed by atoms with E-state index < -0.39 is 0 Å². The van der Waals surface area contributed by atoms with Crippen LogP contribution in [0.25, 0.3) is 10.9 Å². The molecular formula is C15H18N4O2. The Morgan fingerprint density at radius 3 is 2.62 bits per heavy atom. The maximum atomic E-state index is 12.6. The fraction of sp³-hybridized carbons (Fsp3) is 0.400. The zero-order valence-corrected chi connectivity index (χ0v) is 12.0. The first-order valence-electron chi connectivity index (χ1n) is 7.14. The molecule has 0 spiro atoms. The summed E-state index contributed by atoms with van der Waals surface area (Å²) in [4.78, 5) is 27.7. The minimum absolute atomic E-state index is 0.0644. The number of nitrogens with one attached hydrogen (secondary N) is 1. The van der Waals surface area contributed by atoms with Crippen LogP contribution in [0.2, 0.25) is 0 Å². The molecule has 0 saturated carbocycles. The van der Waals surface area contributed by atoms with Crippen LogP contribution in [0.3, 0.4) is 0 Å². The second-order valence-corrected chi connectivity index (χ2v) is 5.27. The normalized spacial score (nSPS) is 16.0. The molecule has 6 heteroatoms. The lowest BCUT2D eigenvalue weighted by Gasteiger charge is -2.20. The van der Waals surface area contributed by atoms with Crippen molar-refractivity contribution in [2.45, 2.75) is 13.3 Å². The summed E-state index contributed by atoms with van der Waals surface area (Å²) in [7, 11) is 0. The van der Waals surface area contributed by atoms with Crippen molar-refractivity contribution in [1.29, 1.82) is 0 Å². The van der Waals surface area contributed by atoms with Crippen molar-refractivity contribution in [3.8, 4) is 0 Å². The number of fused-ring (bicyclic) bond motifs is 1. The fourth-order valence-electron chi connectivity index (χ4n) is 2.71. The molecule has 21 heavy (non-hydrogen) atoms. The first-order chi connectivity index (χ1) is 10.2. The van der Waals surface area contributed by atoms with E-state index in [0.717, 1.165) is 17.3 Å². The average molecular weight is 286 g/mol. The number of aromatic nitrogens is 2. The number of carbonyl (C=O) groups is 2. The van der Waals surface area contributed by atoms with Crippen LogP contribution in [0.5, 0.6) is 0 Å². The Labute approximate surface area is 122 Å². The molecule has 1 aromatic heterocycles. The molecule has 2 aromatic rings. The Morgan fingerprint density at radius 1 is 1.10 bits per heavy atom. The highest BCUT2D eigenvalue weighted by Crippen LogP contribution is 2.17. The van der Waals surface area contributed by atoms with Crippen LogP contribution in [-0.2, 0) is 4.79 Å². The van der Waals surface area contributed by atoms with Gasteiger partial charge >= 0.3 is 0 Å². The zero-order valence-electron chi connectivity index (χ0n) is 12.0. The van der Waals surface area contributed by atoms with E-state index in [4.69, 9.17) is 0 Å². The standard InChI is InChI=1S/C15H18N4O2/c1-11(20)18-7-4-8-19(10-9-18)15(21)14-12-5-2-3-6-13(12)16-17-14/h2-3,5-6H,4,7-10H2,1H3,(H,16,17).